The number of aromatic amines is 1. The number of carbonyl (C=O) groups is 1. The zero-order chi connectivity index (χ0) is 17.6. The maximum Gasteiger partial charge on any atom is 0.220 e. The minimum atomic E-state index is -0.695. The molecule has 0 aliphatic heterocycles. The minimum absolute atomic E-state index is 0.0118. The summed E-state index contributed by atoms with van der Waals surface area (Å²) in [4.78, 5) is 12.3. The largest absolute Gasteiger partial charge is 0.342 e. The van der Waals surface area contributed by atoms with Crippen LogP contribution in [-0.4, -0.2) is 26.5 Å². The van der Waals surface area contributed by atoms with E-state index in [0.717, 1.165) is 12.8 Å². The molecule has 25 heavy (non-hydrogen) atoms. The summed E-state index contributed by atoms with van der Waals surface area (Å²) in [6.45, 7) is 0. The lowest BCUT2D eigenvalue weighted by atomic mass is 10.1. The van der Waals surface area contributed by atoms with Gasteiger partial charge >= 0.3 is 0 Å². The van der Waals surface area contributed by atoms with Crippen molar-refractivity contribution in [2.75, 3.05) is 0 Å². The van der Waals surface area contributed by atoms with Crippen molar-refractivity contribution >= 4 is 28.8 Å². The van der Waals surface area contributed by atoms with Crippen molar-refractivity contribution in [1.82, 2.24) is 25.9 Å². The lowest BCUT2D eigenvalue weighted by Crippen LogP contribution is -2.30. The molecule has 1 atom stereocenters. The van der Waals surface area contributed by atoms with Crippen LogP contribution in [0.15, 0.2) is 35.0 Å². The van der Waals surface area contributed by atoms with E-state index in [9.17, 15) is 9.18 Å². The first-order valence-corrected chi connectivity index (χ1v) is 8.94. The van der Waals surface area contributed by atoms with Gasteiger partial charge in [0.05, 0.1) is 5.02 Å². The summed E-state index contributed by atoms with van der Waals surface area (Å²) in [5.74, 6) is -0.479. The van der Waals surface area contributed by atoms with Gasteiger partial charge in [0.2, 0.25) is 11.7 Å². The Morgan fingerprint density at radius 1 is 1.40 bits per heavy atom. The van der Waals surface area contributed by atoms with Gasteiger partial charge in [-0.2, -0.15) is 16.6 Å². The van der Waals surface area contributed by atoms with E-state index in [1.807, 2.05) is 11.4 Å². The maximum atomic E-state index is 13.8. The van der Waals surface area contributed by atoms with Crippen LogP contribution in [0.5, 0.6) is 0 Å². The fourth-order valence-corrected chi connectivity index (χ4v) is 3.22. The molecule has 1 amide bonds. The number of hydrogen-bond acceptors (Lipinski definition) is 5. The molecule has 0 aliphatic rings. The molecular formula is C16H15ClFN5OS. The number of hydrogen-bond donors (Lipinski definition) is 2. The fraction of sp³-hybridized carbons (Fsp3) is 0.250. The van der Waals surface area contributed by atoms with Crippen molar-refractivity contribution in [3.63, 3.8) is 0 Å². The Morgan fingerprint density at radius 3 is 2.96 bits per heavy atom. The highest BCUT2D eigenvalue weighted by atomic mass is 35.5. The summed E-state index contributed by atoms with van der Waals surface area (Å²) in [6, 6.07) is 5.66. The molecule has 0 radical (unpaired) electrons. The number of nitrogens with one attached hydrogen (secondary N) is 2. The third-order valence-corrected chi connectivity index (χ3v) is 4.69. The molecule has 1 unspecified atom stereocenters. The average Bonchev–Trinajstić information content (AvgIpc) is 3.29. The predicted octanol–water partition coefficient (Wildman–Crippen LogP) is 3.28. The highest BCUT2D eigenvalue weighted by Gasteiger charge is 2.22. The molecule has 9 heteroatoms. The van der Waals surface area contributed by atoms with Gasteiger partial charge in [0.1, 0.15) is 11.9 Å². The quantitative estimate of drug-likeness (QED) is 0.659. The molecule has 3 aromatic rings. The van der Waals surface area contributed by atoms with E-state index >= 15 is 0 Å². The summed E-state index contributed by atoms with van der Waals surface area (Å²) in [7, 11) is 0. The van der Waals surface area contributed by atoms with Crippen molar-refractivity contribution in [1.29, 1.82) is 0 Å². The highest BCUT2D eigenvalue weighted by molar-refractivity contribution is 7.07. The van der Waals surface area contributed by atoms with Gasteiger partial charge in [0.25, 0.3) is 0 Å². The molecular weight excluding hydrogens is 365 g/mol. The third kappa shape index (κ3) is 4.61. The average molecular weight is 380 g/mol. The van der Waals surface area contributed by atoms with Crippen molar-refractivity contribution in [3.8, 4) is 0 Å². The molecule has 1 aromatic carbocycles. The summed E-state index contributed by atoms with van der Waals surface area (Å²) >= 11 is 7.36. The summed E-state index contributed by atoms with van der Waals surface area (Å²) in [5.41, 5.74) is 1.71. The molecule has 2 aromatic heterocycles. The molecule has 0 spiro atoms. The number of rotatable bonds is 7. The highest BCUT2D eigenvalue weighted by Crippen LogP contribution is 2.23. The zero-order valence-electron chi connectivity index (χ0n) is 13.1. The topological polar surface area (TPSA) is 83.6 Å². The van der Waals surface area contributed by atoms with Crippen LogP contribution in [0.25, 0.3) is 0 Å². The van der Waals surface area contributed by atoms with E-state index < -0.39 is 11.9 Å². The fourth-order valence-electron chi connectivity index (χ4n) is 2.40. The lowest BCUT2D eigenvalue weighted by Gasteiger charge is -2.16. The Bertz CT molecular complexity index is 825. The maximum absolute atomic E-state index is 13.8. The van der Waals surface area contributed by atoms with Crippen LogP contribution < -0.4 is 5.32 Å². The lowest BCUT2D eigenvalue weighted by molar-refractivity contribution is -0.121. The molecule has 0 saturated heterocycles. The van der Waals surface area contributed by atoms with Crippen LogP contribution in [0.4, 0.5) is 4.39 Å². The van der Waals surface area contributed by atoms with Crippen LogP contribution in [0.2, 0.25) is 5.02 Å². The molecule has 0 aliphatic carbocycles. The monoisotopic (exact) mass is 379 g/mol. The second kappa shape index (κ2) is 8.17. The smallest absolute Gasteiger partial charge is 0.220 e. The zero-order valence-corrected chi connectivity index (χ0v) is 14.6. The van der Waals surface area contributed by atoms with Gasteiger partial charge in [0.15, 0.2) is 0 Å². The second-order valence-corrected chi connectivity index (χ2v) is 6.62. The molecule has 6 nitrogen and oxygen atoms in total. The van der Waals surface area contributed by atoms with E-state index in [0.29, 0.717) is 12.0 Å². The number of aromatic nitrogens is 4. The van der Waals surface area contributed by atoms with Crippen LogP contribution in [0, 0.1) is 5.82 Å². The number of tetrazole rings is 1. The Morgan fingerprint density at radius 2 is 2.28 bits per heavy atom. The van der Waals surface area contributed by atoms with Crippen molar-refractivity contribution in [2.45, 2.75) is 25.3 Å². The standard InChI is InChI=1S/C16H15ClFN5OS/c17-12-5-4-11(8-13(12)18)15(16-20-22-23-21-16)19-14(24)3-1-2-10-6-7-25-9-10/h4-9,15H,1-3H2,(H,19,24)(H,20,21,22,23). The van der Waals surface area contributed by atoms with Crippen molar-refractivity contribution in [2.24, 2.45) is 0 Å². The minimum Gasteiger partial charge on any atom is -0.342 e. The molecule has 130 valence electrons. The number of amides is 1. The summed E-state index contributed by atoms with van der Waals surface area (Å²) in [5, 5.41) is 20.6. The number of nitrogens with zero attached hydrogens (tertiary/aromatic N) is 3. The van der Waals surface area contributed by atoms with Crippen LogP contribution >= 0.6 is 22.9 Å². The number of thiophene rings is 1. The Labute approximate surface area is 152 Å². The summed E-state index contributed by atoms with van der Waals surface area (Å²) in [6.07, 6.45) is 1.90. The van der Waals surface area contributed by atoms with Gasteiger partial charge in [0, 0.05) is 6.42 Å². The van der Waals surface area contributed by atoms with E-state index in [1.165, 1.54) is 17.7 Å². The molecule has 0 bridgehead atoms. The van der Waals surface area contributed by atoms with Crippen LogP contribution in [-0.2, 0) is 11.2 Å². The number of halogens is 2. The first-order chi connectivity index (χ1) is 12.1. The number of aryl methyl sites for hydroxylation is 1. The number of H-pyrrole nitrogens is 1. The summed E-state index contributed by atoms with van der Waals surface area (Å²) < 4.78 is 13.8. The van der Waals surface area contributed by atoms with Gasteiger partial charge in [-0.15, -0.1) is 10.2 Å². The van der Waals surface area contributed by atoms with Crippen molar-refractivity contribution in [3.05, 3.63) is 62.8 Å². The SMILES string of the molecule is O=C(CCCc1ccsc1)NC(c1ccc(Cl)c(F)c1)c1nn[nH]n1. The Balaban J connectivity index is 1.67. The van der Waals surface area contributed by atoms with Crippen LogP contribution in [0.3, 0.4) is 0 Å². The normalized spacial score (nSPS) is 12.1. The Kier molecular flexibility index (Phi) is 5.72. The molecule has 2 N–H and O–H groups in total. The molecule has 0 saturated carbocycles. The Hall–Kier alpha value is -2.32. The van der Waals surface area contributed by atoms with Gasteiger partial charge < -0.3 is 5.32 Å². The second-order valence-electron chi connectivity index (χ2n) is 5.43. The number of carbonyl (C=O) groups excluding carboxylic acids is 1. The van der Waals surface area contributed by atoms with Gasteiger partial charge in [-0.3, -0.25) is 4.79 Å². The van der Waals surface area contributed by atoms with Gasteiger partial charge in [-0.05, 0) is 52.9 Å². The van der Waals surface area contributed by atoms with E-state index in [-0.39, 0.29) is 16.8 Å². The predicted molar refractivity (Wildman–Crippen MR) is 92.8 cm³/mol. The van der Waals surface area contributed by atoms with Crippen molar-refractivity contribution < 1.29 is 9.18 Å². The van der Waals surface area contributed by atoms with Gasteiger partial charge in [-0.1, -0.05) is 22.9 Å². The first-order valence-electron chi connectivity index (χ1n) is 7.62. The van der Waals surface area contributed by atoms with E-state index in [2.05, 4.69) is 31.3 Å². The van der Waals surface area contributed by atoms with E-state index in [4.69, 9.17) is 11.6 Å². The number of benzene rings is 1. The molecule has 3 rings (SSSR count). The molecule has 0 fully saturated rings. The molecule has 2 heterocycles. The van der Waals surface area contributed by atoms with Gasteiger partial charge in [-0.25, -0.2) is 4.39 Å². The third-order valence-electron chi connectivity index (χ3n) is 3.65. The first kappa shape index (κ1) is 17.5. The van der Waals surface area contributed by atoms with E-state index in [1.54, 1.807) is 17.4 Å². The van der Waals surface area contributed by atoms with Crippen LogP contribution in [0.1, 0.15) is 35.8 Å².